The Morgan fingerprint density at radius 3 is 2.10 bits per heavy atom. The van der Waals surface area contributed by atoms with Crippen molar-refractivity contribution in [2.45, 2.75) is 45.6 Å². The largest absolute Gasteiger partial charge is 0.491 e. The summed E-state index contributed by atoms with van der Waals surface area (Å²) < 4.78 is 6.02. The van der Waals surface area contributed by atoms with E-state index >= 15 is 0 Å². The summed E-state index contributed by atoms with van der Waals surface area (Å²) in [5.41, 5.74) is 3.60. The summed E-state index contributed by atoms with van der Waals surface area (Å²) in [6, 6.07) is 15.7. The van der Waals surface area contributed by atoms with Gasteiger partial charge in [0.15, 0.2) is 0 Å². The highest BCUT2D eigenvalue weighted by Crippen LogP contribution is 2.36. The van der Waals surface area contributed by atoms with Crippen LogP contribution in [0, 0.1) is 0 Å². The van der Waals surface area contributed by atoms with E-state index in [9.17, 15) is 9.90 Å². The first-order valence-corrected chi connectivity index (χ1v) is 9.62. The number of ether oxygens (including phenoxy) is 1. The fraction of sp³-hybridized carbons (Fsp3) is 0.320. The molecule has 0 saturated heterocycles. The molecule has 1 atom stereocenters. The van der Waals surface area contributed by atoms with E-state index < -0.39 is 17.0 Å². The number of hydrogen-bond acceptors (Lipinski definition) is 2. The average Bonchev–Trinajstić information content (AvgIpc) is 2.66. The van der Waals surface area contributed by atoms with Crippen LogP contribution in [0.25, 0.3) is 11.1 Å². The standard InChI is InChI=1S/C25H31NO3/c1-17(2)19-11-13-22(14-12-19)29-16-25(7,26-23(27)28)24(5,6)21-10-8-9-20(15-21)18(3)4/h8-15,26H,1,3,16H2,2,4-7H3,(H,27,28). The van der Waals surface area contributed by atoms with Gasteiger partial charge in [-0.15, -0.1) is 0 Å². The molecule has 0 aromatic heterocycles. The number of benzene rings is 2. The maximum Gasteiger partial charge on any atom is 0.405 e. The summed E-state index contributed by atoms with van der Waals surface area (Å²) in [4.78, 5) is 11.6. The van der Waals surface area contributed by atoms with Crippen LogP contribution in [-0.2, 0) is 5.41 Å². The Labute approximate surface area is 173 Å². The summed E-state index contributed by atoms with van der Waals surface area (Å²) in [5.74, 6) is 0.680. The smallest absolute Gasteiger partial charge is 0.405 e. The van der Waals surface area contributed by atoms with Crippen LogP contribution in [0.5, 0.6) is 5.75 Å². The van der Waals surface area contributed by atoms with Gasteiger partial charge in [0.25, 0.3) is 0 Å². The molecule has 1 amide bonds. The van der Waals surface area contributed by atoms with E-state index in [1.165, 1.54) is 0 Å². The molecule has 0 bridgehead atoms. The van der Waals surface area contributed by atoms with Crippen molar-refractivity contribution in [1.29, 1.82) is 0 Å². The molecule has 0 radical (unpaired) electrons. The van der Waals surface area contributed by atoms with Crippen LogP contribution in [0.4, 0.5) is 4.79 Å². The fourth-order valence-electron chi connectivity index (χ4n) is 3.16. The fourth-order valence-corrected chi connectivity index (χ4v) is 3.16. The van der Waals surface area contributed by atoms with Gasteiger partial charge in [0, 0.05) is 5.41 Å². The molecule has 0 aliphatic carbocycles. The lowest BCUT2D eigenvalue weighted by Gasteiger charge is -2.44. The third-order valence-corrected chi connectivity index (χ3v) is 5.71. The first-order valence-electron chi connectivity index (χ1n) is 9.62. The van der Waals surface area contributed by atoms with Crippen LogP contribution in [0.15, 0.2) is 61.7 Å². The van der Waals surface area contributed by atoms with E-state index in [4.69, 9.17) is 4.74 Å². The van der Waals surface area contributed by atoms with E-state index in [1.54, 1.807) is 0 Å². The Bertz CT molecular complexity index is 912. The van der Waals surface area contributed by atoms with Crippen molar-refractivity contribution >= 4 is 17.2 Å². The molecule has 2 aromatic carbocycles. The number of rotatable bonds is 8. The van der Waals surface area contributed by atoms with Crippen molar-refractivity contribution < 1.29 is 14.6 Å². The molecule has 0 aliphatic rings. The number of carboxylic acid groups (broad SMARTS) is 1. The summed E-state index contributed by atoms with van der Waals surface area (Å²) in [5, 5.41) is 12.2. The summed E-state index contributed by atoms with van der Waals surface area (Å²) in [7, 11) is 0. The monoisotopic (exact) mass is 393 g/mol. The molecular weight excluding hydrogens is 362 g/mol. The second kappa shape index (κ2) is 8.56. The van der Waals surface area contributed by atoms with Crippen molar-refractivity contribution in [3.63, 3.8) is 0 Å². The van der Waals surface area contributed by atoms with Gasteiger partial charge in [-0.25, -0.2) is 4.79 Å². The van der Waals surface area contributed by atoms with Gasteiger partial charge < -0.3 is 15.2 Å². The van der Waals surface area contributed by atoms with Crippen LogP contribution in [0.2, 0.25) is 0 Å². The summed E-state index contributed by atoms with van der Waals surface area (Å²) >= 11 is 0. The van der Waals surface area contributed by atoms with Gasteiger partial charge in [0.2, 0.25) is 0 Å². The number of carbonyl (C=O) groups is 1. The molecule has 0 spiro atoms. The topological polar surface area (TPSA) is 58.6 Å². The van der Waals surface area contributed by atoms with E-state index in [1.807, 2.05) is 77.1 Å². The molecule has 0 fully saturated rings. The Hall–Kier alpha value is -3.01. The third kappa shape index (κ3) is 5.08. The van der Waals surface area contributed by atoms with Crippen molar-refractivity contribution in [1.82, 2.24) is 5.32 Å². The van der Waals surface area contributed by atoms with Crippen LogP contribution < -0.4 is 10.1 Å². The number of allylic oxidation sites excluding steroid dienone is 2. The second-order valence-electron chi connectivity index (χ2n) is 8.34. The Balaban J connectivity index is 2.34. The molecule has 29 heavy (non-hydrogen) atoms. The second-order valence-corrected chi connectivity index (χ2v) is 8.34. The molecule has 4 nitrogen and oxygen atoms in total. The highest BCUT2D eigenvalue weighted by atomic mass is 16.5. The van der Waals surface area contributed by atoms with Gasteiger partial charge in [-0.3, -0.25) is 0 Å². The van der Waals surface area contributed by atoms with Crippen molar-refractivity contribution in [3.05, 3.63) is 78.4 Å². The average molecular weight is 394 g/mol. The first kappa shape index (κ1) is 22.3. The van der Waals surface area contributed by atoms with Gasteiger partial charge in [0.05, 0.1) is 5.54 Å². The molecular formula is C25H31NO3. The van der Waals surface area contributed by atoms with Gasteiger partial charge in [0.1, 0.15) is 12.4 Å². The highest BCUT2D eigenvalue weighted by Gasteiger charge is 2.44. The summed E-state index contributed by atoms with van der Waals surface area (Å²) in [6.45, 7) is 17.9. The van der Waals surface area contributed by atoms with Gasteiger partial charge in [-0.2, -0.15) is 0 Å². The lowest BCUT2D eigenvalue weighted by Crippen LogP contribution is -2.61. The van der Waals surface area contributed by atoms with E-state index in [2.05, 4.69) is 24.5 Å². The van der Waals surface area contributed by atoms with Crippen LogP contribution in [0.1, 0.15) is 51.3 Å². The molecule has 2 aromatic rings. The molecule has 0 heterocycles. The Kier molecular flexibility index (Phi) is 6.58. The minimum absolute atomic E-state index is 0.177. The van der Waals surface area contributed by atoms with E-state index in [-0.39, 0.29) is 6.61 Å². The van der Waals surface area contributed by atoms with Crippen molar-refractivity contribution in [2.24, 2.45) is 0 Å². The SMILES string of the molecule is C=C(C)c1ccc(OCC(C)(NC(=O)O)C(C)(C)c2cccc(C(=C)C)c2)cc1. The first-order chi connectivity index (χ1) is 13.5. The zero-order chi connectivity index (χ0) is 21.8. The van der Waals surface area contributed by atoms with Crippen molar-refractivity contribution in [3.8, 4) is 5.75 Å². The highest BCUT2D eigenvalue weighted by molar-refractivity contribution is 5.67. The maximum absolute atomic E-state index is 11.6. The van der Waals surface area contributed by atoms with Gasteiger partial charge >= 0.3 is 6.09 Å². The van der Waals surface area contributed by atoms with Gasteiger partial charge in [-0.1, -0.05) is 74.5 Å². The van der Waals surface area contributed by atoms with Gasteiger partial charge in [-0.05, 0) is 49.6 Å². The third-order valence-electron chi connectivity index (χ3n) is 5.71. The molecule has 1 unspecified atom stereocenters. The predicted molar refractivity (Wildman–Crippen MR) is 120 cm³/mol. The molecule has 0 saturated carbocycles. The number of hydrogen-bond donors (Lipinski definition) is 2. The van der Waals surface area contributed by atoms with Crippen LogP contribution in [-0.4, -0.2) is 23.3 Å². The molecule has 4 heteroatoms. The van der Waals surface area contributed by atoms with E-state index in [0.717, 1.165) is 27.8 Å². The van der Waals surface area contributed by atoms with Crippen molar-refractivity contribution in [2.75, 3.05) is 6.61 Å². The summed E-state index contributed by atoms with van der Waals surface area (Å²) in [6.07, 6.45) is -1.09. The molecule has 2 N–H and O–H groups in total. The lowest BCUT2D eigenvalue weighted by molar-refractivity contribution is 0.112. The normalized spacial score (nSPS) is 13.3. The maximum atomic E-state index is 11.6. The number of amides is 1. The van der Waals surface area contributed by atoms with Crippen LogP contribution >= 0.6 is 0 Å². The molecule has 154 valence electrons. The Morgan fingerprint density at radius 1 is 1.00 bits per heavy atom. The van der Waals surface area contributed by atoms with Crippen LogP contribution in [0.3, 0.4) is 0 Å². The molecule has 2 rings (SSSR count). The minimum atomic E-state index is -1.09. The predicted octanol–water partition coefficient (Wildman–Crippen LogP) is 6.14. The molecule has 0 aliphatic heterocycles. The zero-order valence-corrected chi connectivity index (χ0v) is 18.0. The zero-order valence-electron chi connectivity index (χ0n) is 18.0. The lowest BCUT2D eigenvalue weighted by atomic mass is 9.68. The minimum Gasteiger partial charge on any atom is -0.491 e. The van der Waals surface area contributed by atoms with E-state index in [0.29, 0.717) is 5.75 Å². The Morgan fingerprint density at radius 2 is 1.59 bits per heavy atom. The quantitative estimate of drug-likeness (QED) is 0.567. The number of nitrogens with one attached hydrogen (secondary N) is 1.